The first-order chi connectivity index (χ1) is 17.5. The number of carbonyl (C=O) groups is 4. The number of carbonyl (C=O) groups excluding carboxylic acids is 4. The summed E-state index contributed by atoms with van der Waals surface area (Å²) in [7, 11) is 0. The first kappa shape index (κ1) is 24.4. The van der Waals surface area contributed by atoms with Crippen LogP contribution in [0.3, 0.4) is 0 Å². The van der Waals surface area contributed by atoms with Crippen LogP contribution in [0.1, 0.15) is 55.5 Å². The van der Waals surface area contributed by atoms with Gasteiger partial charge in [-0.25, -0.2) is 18.9 Å². The molecule has 8 heteroatoms. The molecule has 0 N–H and O–H groups in total. The molecule has 2 heterocycles. The molecule has 0 aliphatic carbocycles. The van der Waals surface area contributed by atoms with E-state index >= 15 is 0 Å². The summed E-state index contributed by atoms with van der Waals surface area (Å²) in [6.07, 6.45) is 1.07. The zero-order chi connectivity index (χ0) is 25.7. The molecular weight excluding hydrogens is 460 g/mol. The fourth-order valence-electron chi connectivity index (χ4n) is 4.06. The number of hydrogen-bond donors (Lipinski definition) is 0. The van der Waals surface area contributed by atoms with E-state index in [-0.39, 0.29) is 35.7 Å². The van der Waals surface area contributed by atoms with Crippen molar-refractivity contribution in [2.45, 2.75) is 13.8 Å². The van der Waals surface area contributed by atoms with Crippen LogP contribution < -0.4 is 0 Å². The summed E-state index contributed by atoms with van der Waals surface area (Å²) in [6, 6.07) is 21.3. The zero-order valence-corrected chi connectivity index (χ0v) is 19.8. The third-order valence-electron chi connectivity index (χ3n) is 5.58. The molecule has 36 heavy (non-hydrogen) atoms. The van der Waals surface area contributed by atoms with Gasteiger partial charge in [-0.15, -0.1) is 0 Å². The lowest BCUT2D eigenvalue weighted by atomic mass is 10.1. The molecule has 2 aromatic heterocycles. The molecule has 0 fully saturated rings. The third-order valence-corrected chi connectivity index (χ3v) is 5.58. The molecule has 2 aromatic carbocycles. The van der Waals surface area contributed by atoms with Crippen LogP contribution in [-0.2, 0) is 9.47 Å². The van der Waals surface area contributed by atoms with E-state index in [1.54, 1.807) is 26.0 Å². The summed E-state index contributed by atoms with van der Waals surface area (Å²) in [4.78, 5) is 50.5. The number of ether oxygens (including phenoxy) is 2. The van der Waals surface area contributed by atoms with Gasteiger partial charge >= 0.3 is 11.9 Å². The van der Waals surface area contributed by atoms with Crippen molar-refractivity contribution >= 4 is 24.5 Å². The van der Waals surface area contributed by atoms with E-state index in [0.717, 1.165) is 0 Å². The van der Waals surface area contributed by atoms with E-state index in [4.69, 9.17) is 9.47 Å². The van der Waals surface area contributed by atoms with Crippen molar-refractivity contribution in [1.82, 2.24) is 9.35 Å². The van der Waals surface area contributed by atoms with Gasteiger partial charge in [-0.1, -0.05) is 60.7 Å². The van der Waals surface area contributed by atoms with Crippen molar-refractivity contribution in [1.29, 1.82) is 0 Å². The van der Waals surface area contributed by atoms with Crippen LogP contribution in [0.15, 0.2) is 72.8 Å². The number of benzene rings is 2. The maximum absolute atomic E-state index is 12.8. The highest BCUT2D eigenvalue weighted by Crippen LogP contribution is 2.32. The molecule has 182 valence electrons. The van der Waals surface area contributed by atoms with Crippen LogP contribution in [0, 0.1) is 0 Å². The fraction of sp³-hybridized carbons (Fsp3) is 0.143. The summed E-state index contributed by atoms with van der Waals surface area (Å²) < 4.78 is 13.3. The molecule has 0 spiro atoms. The van der Waals surface area contributed by atoms with Gasteiger partial charge in [0.15, 0.2) is 12.6 Å². The first-order valence-corrected chi connectivity index (χ1v) is 11.4. The number of aromatic nitrogens is 2. The highest BCUT2D eigenvalue weighted by molar-refractivity contribution is 6.01. The molecule has 0 aliphatic heterocycles. The van der Waals surface area contributed by atoms with Crippen molar-refractivity contribution < 1.29 is 28.7 Å². The molecule has 0 bridgehead atoms. The Hall–Kier alpha value is -4.72. The minimum Gasteiger partial charge on any atom is -0.462 e. The lowest BCUT2D eigenvalue weighted by Crippen LogP contribution is -2.20. The molecule has 0 amide bonds. The second-order valence-electron chi connectivity index (χ2n) is 7.69. The minimum atomic E-state index is -0.679. The van der Waals surface area contributed by atoms with Crippen molar-refractivity contribution in [2.75, 3.05) is 13.2 Å². The average Bonchev–Trinajstić information content (AvgIpc) is 3.48. The highest BCUT2D eigenvalue weighted by Gasteiger charge is 2.29. The second kappa shape index (κ2) is 10.7. The third kappa shape index (κ3) is 4.36. The topological polar surface area (TPSA) is 96.6 Å². The number of rotatable bonds is 9. The zero-order valence-electron chi connectivity index (χ0n) is 19.8. The van der Waals surface area contributed by atoms with Gasteiger partial charge in [-0.3, -0.25) is 9.59 Å². The molecule has 4 rings (SSSR count). The molecule has 0 atom stereocenters. The predicted octanol–water partition coefficient (Wildman–Crippen LogP) is 4.91. The summed E-state index contributed by atoms with van der Waals surface area (Å²) in [5.74, 6) is -1.36. The maximum atomic E-state index is 12.8. The lowest BCUT2D eigenvalue weighted by Gasteiger charge is -2.18. The number of hydrogen-bond acceptors (Lipinski definition) is 6. The molecule has 0 unspecified atom stereocenters. The molecular formula is C28H24N2O6. The predicted molar refractivity (Wildman–Crippen MR) is 133 cm³/mol. The van der Waals surface area contributed by atoms with Crippen molar-refractivity contribution in [3.05, 3.63) is 95.3 Å². The maximum Gasteiger partial charge on any atom is 0.340 e. The van der Waals surface area contributed by atoms with Gasteiger partial charge in [0.1, 0.15) is 11.4 Å². The van der Waals surface area contributed by atoms with Crippen molar-refractivity contribution in [2.24, 2.45) is 0 Å². The Morgan fingerprint density at radius 2 is 1.03 bits per heavy atom. The largest absolute Gasteiger partial charge is 0.462 e. The fourth-order valence-corrected chi connectivity index (χ4v) is 4.06. The van der Waals surface area contributed by atoms with Crippen LogP contribution in [0.25, 0.3) is 22.5 Å². The highest BCUT2D eigenvalue weighted by atomic mass is 16.5. The van der Waals surface area contributed by atoms with Gasteiger partial charge in [-0.2, -0.15) is 0 Å². The second-order valence-corrected chi connectivity index (χ2v) is 7.69. The first-order valence-electron chi connectivity index (χ1n) is 11.4. The number of esters is 2. The summed E-state index contributed by atoms with van der Waals surface area (Å²) in [5.41, 5.74) is 2.27. The van der Waals surface area contributed by atoms with Gasteiger partial charge in [-0.05, 0) is 26.0 Å². The number of aldehydes is 2. The molecule has 0 saturated carbocycles. The Kier molecular flexibility index (Phi) is 7.25. The lowest BCUT2D eigenvalue weighted by molar-refractivity contribution is 0.0514. The Morgan fingerprint density at radius 1 is 0.667 bits per heavy atom. The smallest absolute Gasteiger partial charge is 0.340 e. The van der Waals surface area contributed by atoms with Crippen LogP contribution >= 0.6 is 0 Å². The molecule has 4 aromatic rings. The Bertz CT molecular complexity index is 1310. The summed E-state index contributed by atoms with van der Waals surface area (Å²) in [5, 5.41) is 0. The van der Waals surface area contributed by atoms with Gasteiger partial charge in [0.05, 0.1) is 35.7 Å². The van der Waals surface area contributed by atoms with Crippen molar-refractivity contribution in [3.8, 4) is 22.5 Å². The summed E-state index contributed by atoms with van der Waals surface area (Å²) >= 11 is 0. The van der Waals surface area contributed by atoms with Crippen LogP contribution in [-0.4, -0.2) is 47.1 Å². The van der Waals surface area contributed by atoms with E-state index in [9.17, 15) is 19.2 Å². The summed E-state index contributed by atoms with van der Waals surface area (Å²) in [6.45, 7) is 3.58. The van der Waals surface area contributed by atoms with Crippen LogP contribution in [0.5, 0.6) is 0 Å². The van der Waals surface area contributed by atoms with Gasteiger partial charge in [0.25, 0.3) is 0 Å². The number of nitrogens with zero attached hydrogens (tertiary/aromatic N) is 2. The SMILES string of the molecule is CCOC(=O)c1cc(-c2ccccc2)n(-n2c(-c3ccccc3)cc(C(=O)OCC)c2C=O)c1C=O. The average molecular weight is 485 g/mol. The van der Waals surface area contributed by atoms with Crippen LogP contribution in [0.4, 0.5) is 0 Å². The van der Waals surface area contributed by atoms with Gasteiger partial charge < -0.3 is 9.47 Å². The molecule has 8 nitrogen and oxygen atoms in total. The monoisotopic (exact) mass is 484 g/mol. The van der Waals surface area contributed by atoms with E-state index in [2.05, 4.69) is 0 Å². The van der Waals surface area contributed by atoms with Crippen LogP contribution in [0.2, 0.25) is 0 Å². The molecule has 0 saturated heterocycles. The molecule has 0 aliphatic rings. The van der Waals surface area contributed by atoms with Gasteiger partial charge in [0, 0.05) is 11.1 Å². The quantitative estimate of drug-likeness (QED) is 0.247. The molecule has 0 radical (unpaired) electrons. The minimum absolute atomic E-state index is 0.0291. The van der Waals surface area contributed by atoms with Crippen molar-refractivity contribution in [3.63, 3.8) is 0 Å². The van der Waals surface area contributed by atoms with E-state index in [1.807, 2.05) is 60.7 Å². The normalized spacial score (nSPS) is 10.6. The van der Waals surface area contributed by atoms with E-state index in [1.165, 1.54) is 9.35 Å². The van der Waals surface area contributed by atoms with E-state index < -0.39 is 11.9 Å². The Labute approximate surface area is 207 Å². The standard InChI is InChI=1S/C28H24N2O6/c1-3-35-27(33)21-15-23(19-11-7-5-8-12-19)29(25(21)17-31)30-24(20-13-9-6-10-14-20)16-22(26(30)18-32)28(34)36-4-2/h5-18H,3-4H2,1-2H3. The van der Waals surface area contributed by atoms with Gasteiger partial charge in [0.2, 0.25) is 0 Å². The Balaban J connectivity index is 2.14. The van der Waals surface area contributed by atoms with E-state index in [0.29, 0.717) is 35.1 Å². The Morgan fingerprint density at radius 3 is 1.33 bits per heavy atom.